The smallest absolute Gasteiger partial charge is 0.123 e. The lowest BCUT2D eigenvalue weighted by atomic mass is 9.93. The first-order valence-corrected chi connectivity index (χ1v) is 5.97. The second kappa shape index (κ2) is 4.88. The average molecular weight is 219 g/mol. The molecule has 1 saturated carbocycles. The normalized spacial score (nSPS) is 15.5. The van der Waals surface area contributed by atoms with Crippen LogP contribution in [0.2, 0.25) is 0 Å². The fraction of sp³-hybridized carbons (Fsp3) is 0.500. The topological polar surface area (TPSA) is 29.5 Å². The van der Waals surface area contributed by atoms with E-state index in [9.17, 15) is 5.11 Å². The summed E-state index contributed by atoms with van der Waals surface area (Å²) in [5.74, 6) is 2.66. The molecule has 1 aromatic carbocycles. The molecule has 1 N–H and O–H groups in total. The van der Waals surface area contributed by atoms with Crippen molar-refractivity contribution in [3.63, 3.8) is 0 Å². The minimum atomic E-state index is 0.120. The number of aliphatic hydroxyl groups excluding tert-OH is 1. The van der Waals surface area contributed by atoms with Crippen LogP contribution in [0.3, 0.4) is 0 Å². The van der Waals surface area contributed by atoms with Crippen molar-refractivity contribution >= 4 is 0 Å². The molecule has 0 amide bonds. The quantitative estimate of drug-likeness (QED) is 0.825. The van der Waals surface area contributed by atoms with Crippen molar-refractivity contribution in [2.75, 3.05) is 13.2 Å². The summed E-state index contributed by atoms with van der Waals surface area (Å²) in [6, 6.07) is 6.12. The molecular formula is C14H19O2. The predicted molar refractivity (Wildman–Crippen MR) is 64.7 cm³/mol. The summed E-state index contributed by atoms with van der Waals surface area (Å²) in [4.78, 5) is 0. The summed E-state index contributed by atoms with van der Waals surface area (Å²) in [5.41, 5.74) is 2.48. The molecule has 1 radical (unpaired) electrons. The number of aliphatic hydroxyl groups is 1. The van der Waals surface area contributed by atoms with E-state index in [0.29, 0.717) is 12.5 Å². The largest absolute Gasteiger partial charge is 0.494 e. The van der Waals surface area contributed by atoms with Gasteiger partial charge in [-0.1, -0.05) is 19.1 Å². The summed E-state index contributed by atoms with van der Waals surface area (Å²) in [7, 11) is 0. The maximum absolute atomic E-state index is 9.26. The Bertz CT molecular complexity index is 356. The Hall–Kier alpha value is -1.02. The first kappa shape index (κ1) is 11.5. The molecule has 1 fully saturated rings. The van der Waals surface area contributed by atoms with Crippen LogP contribution >= 0.6 is 0 Å². The van der Waals surface area contributed by atoms with Gasteiger partial charge in [-0.25, -0.2) is 0 Å². The van der Waals surface area contributed by atoms with Gasteiger partial charge in [0.25, 0.3) is 0 Å². The van der Waals surface area contributed by atoms with Crippen LogP contribution in [0.25, 0.3) is 0 Å². The zero-order chi connectivity index (χ0) is 11.5. The van der Waals surface area contributed by atoms with Gasteiger partial charge in [0.1, 0.15) is 5.75 Å². The highest BCUT2D eigenvalue weighted by atomic mass is 16.5. The van der Waals surface area contributed by atoms with Gasteiger partial charge in [0.15, 0.2) is 0 Å². The number of hydrogen-bond donors (Lipinski definition) is 1. The van der Waals surface area contributed by atoms with Crippen LogP contribution < -0.4 is 4.74 Å². The highest BCUT2D eigenvalue weighted by Crippen LogP contribution is 2.47. The minimum absolute atomic E-state index is 0.120. The summed E-state index contributed by atoms with van der Waals surface area (Å²) in [5, 5.41) is 9.26. The molecule has 0 atom stereocenters. The maximum atomic E-state index is 9.26. The van der Waals surface area contributed by atoms with Crippen molar-refractivity contribution in [1.82, 2.24) is 0 Å². The highest BCUT2D eigenvalue weighted by Gasteiger charge is 2.30. The summed E-state index contributed by atoms with van der Waals surface area (Å²) >= 11 is 0. The number of benzene rings is 1. The van der Waals surface area contributed by atoms with E-state index in [1.165, 1.54) is 24.0 Å². The molecule has 0 aromatic heterocycles. The van der Waals surface area contributed by atoms with Gasteiger partial charge < -0.3 is 9.84 Å². The van der Waals surface area contributed by atoms with Crippen LogP contribution in [0.1, 0.15) is 43.7 Å². The van der Waals surface area contributed by atoms with Crippen LogP contribution in [0.15, 0.2) is 18.2 Å². The Kier molecular flexibility index (Phi) is 3.49. The van der Waals surface area contributed by atoms with Gasteiger partial charge >= 0.3 is 0 Å². The van der Waals surface area contributed by atoms with Gasteiger partial charge in [-0.15, -0.1) is 0 Å². The van der Waals surface area contributed by atoms with E-state index in [4.69, 9.17) is 4.74 Å². The van der Waals surface area contributed by atoms with Crippen molar-refractivity contribution in [2.24, 2.45) is 0 Å². The zero-order valence-electron chi connectivity index (χ0n) is 9.99. The Labute approximate surface area is 97.3 Å². The molecule has 2 rings (SSSR count). The van der Waals surface area contributed by atoms with Gasteiger partial charge in [-0.2, -0.15) is 0 Å². The van der Waals surface area contributed by atoms with Crippen molar-refractivity contribution in [2.45, 2.75) is 32.6 Å². The van der Waals surface area contributed by atoms with Crippen molar-refractivity contribution in [3.8, 4) is 5.75 Å². The summed E-state index contributed by atoms with van der Waals surface area (Å²) in [6.45, 7) is 4.81. The summed E-state index contributed by atoms with van der Waals surface area (Å²) in [6.07, 6.45) is 2.49. The third kappa shape index (κ3) is 2.22. The van der Waals surface area contributed by atoms with Crippen molar-refractivity contribution < 1.29 is 9.84 Å². The van der Waals surface area contributed by atoms with Gasteiger partial charge in [0, 0.05) is 11.5 Å². The van der Waals surface area contributed by atoms with Crippen LogP contribution in [-0.2, 0) is 0 Å². The van der Waals surface area contributed by atoms with E-state index in [0.717, 1.165) is 11.7 Å². The number of ether oxygens (including phenoxy) is 1. The molecule has 1 aliphatic rings. The Morgan fingerprint density at radius 3 is 2.75 bits per heavy atom. The van der Waals surface area contributed by atoms with Gasteiger partial charge in [-0.05, 0) is 37.3 Å². The molecule has 16 heavy (non-hydrogen) atoms. The molecular weight excluding hydrogens is 200 g/mol. The highest BCUT2D eigenvalue weighted by molar-refractivity contribution is 5.50. The minimum Gasteiger partial charge on any atom is -0.494 e. The molecule has 0 spiro atoms. The van der Waals surface area contributed by atoms with Crippen molar-refractivity contribution in [1.29, 1.82) is 0 Å². The fourth-order valence-electron chi connectivity index (χ4n) is 2.08. The van der Waals surface area contributed by atoms with Crippen LogP contribution in [0.4, 0.5) is 0 Å². The van der Waals surface area contributed by atoms with Crippen molar-refractivity contribution in [3.05, 3.63) is 35.2 Å². The molecule has 2 heteroatoms. The molecule has 1 aromatic rings. The molecule has 0 unspecified atom stereocenters. The lowest BCUT2D eigenvalue weighted by Gasteiger charge is -2.17. The van der Waals surface area contributed by atoms with E-state index < -0.39 is 0 Å². The predicted octanol–water partition coefficient (Wildman–Crippen LogP) is 2.90. The Morgan fingerprint density at radius 2 is 2.19 bits per heavy atom. The van der Waals surface area contributed by atoms with E-state index in [1.807, 2.05) is 26.0 Å². The lowest BCUT2D eigenvalue weighted by molar-refractivity contribution is 0.313. The van der Waals surface area contributed by atoms with E-state index in [2.05, 4.69) is 6.07 Å². The van der Waals surface area contributed by atoms with Crippen LogP contribution in [0, 0.1) is 5.92 Å². The van der Waals surface area contributed by atoms with E-state index >= 15 is 0 Å². The first-order valence-electron chi connectivity index (χ1n) is 5.97. The maximum Gasteiger partial charge on any atom is 0.123 e. The molecule has 87 valence electrons. The monoisotopic (exact) mass is 219 g/mol. The fourth-order valence-corrected chi connectivity index (χ4v) is 2.08. The molecule has 0 heterocycles. The number of hydrogen-bond acceptors (Lipinski definition) is 2. The first-order chi connectivity index (χ1) is 7.77. The Balaban J connectivity index is 2.38. The van der Waals surface area contributed by atoms with Gasteiger partial charge in [-0.3, -0.25) is 0 Å². The SMILES string of the molecule is CCOc1cccc([C](C)CO)c1C1CC1. The molecule has 0 bridgehead atoms. The Morgan fingerprint density at radius 1 is 1.44 bits per heavy atom. The standard InChI is InChI=1S/C14H19O2/c1-3-16-13-6-4-5-12(10(2)9-15)14(13)11-7-8-11/h4-6,11,15H,3,7-9H2,1-2H3. The van der Waals surface area contributed by atoms with E-state index in [-0.39, 0.29) is 6.61 Å². The lowest BCUT2D eigenvalue weighted by Crippen LogP contribution is -2.06. The summed E-state index contributed by atoms with van der Waals surface area (Å²) < 4.78 is 5.68. The van der Waals surface area contributed by atoms with Crippen LogP contribution in [-0.4, -0.2) is 18.3 Å². The van der Waals surface area contributed by atoms with Gasteiger partial charge in [0.05, 0.1) is 13.2 Å². The molecule has 0 aliphatic heterocycles. The average Bonchev–Trinajstić information content (AvgIpc) is 3.12. The molecule has 1 aliphatic carbocycles. The second-order valence-electron chi connectivity index (χ2n) is 4.36. The zero-order valence-corrected chi connectivity index (χ0v) is 9.99. The number of rotatable bonds is 5. The second-order valence-corrected chi connectivity index (χ2v) is 4.36. The molecule has 0 saturated heterocycles. The molecule has 2 nitrogen and oxygen atoms in total. The third-order valence-electron chi connectivity index (χ3n) is 3.05. The van der Waals surface area contributed by atoms with Crippen LogP contribution in [0.5, 0.6) is 5.75 Å². The van der Waals surface area contributed by atoms with Gasteiger partial charge in [0.2, 0.25) is 0 Å². The van der Waals surface area contributed by atoms with E-state index in [1.54, 1.807) is 0 Å². The third-order valence-corrected chi connectivity index (χ3v) is 3.05.